The lowest BCUT2D eigenvalue weighted by Gasteiger charge is -2.39. The van der Waals surface area contributed by atoms with Crippen LogP contribution in [0.15, 0.2) is 48.5 Å². The zero-order valence-corrected chi connectivity index (χ0v) is 23.2. The molecule has 9 heteroatoms. The summed E-state index contributed by atoms with van der Waals surface area (Å²) in [6.45, 7) is 2.96. The maximum Gasteiger partial charge on any atom is 0.255 e. The highest BCUT2D eigenvalue weighted by Gasteiger charge is 2.41. The molecule has 9 nitrogen and oxygen atoms in total. The van der Waals surface area contributed by atoms with Crippen molar-refractivity contribution in [3.63, 3.8) is 0 Å². The highest BCUT2D eigenvalue weighted by atomic mass is 16.5. The SMILES string of the molecule is COC1(c2ccc3cc(CN4CC[C@H](Oc5ccc6c(c5)CN(C5CCC(=O)NC5=O)C6=O)C4)ccc3n2)CCC1. The number of hydrogen-bond donors (Lipinski definition) is 1. The summed E-state index contributed by atoms with van der Waals surface area (Å²) in [6.07, 6.45) is 4.84. The first-order chi connectivity index (χ1) is 19.9. The second-order valence-electron chi connectivity index (χ2n) is 11.8. The number of hydrogen-bond acceptors (Lipinski definition) is 7. The normalized spacial score (nSPS) is 23.9. The van der Waals surface area contributed by atoms with Crippen LogP contribution in [0.2, 0.25) is 0 Å². The lowest BCUT2D eigenvalue weighted by molar-refractivity contribution is -0.136. The standard InChI is InChI=1S/C32H34N4O5/c1-40-32(12-2-13-32)28-9-4-21-15-20(3-7-26(21)33-28)17-35-14-11-24(19-35)41-23-5-6-25-22(16-23)18-36(31(25)39)27-8-10-29(37)34-30(27)38/h3-7,9,15-16,24,27H,2,8,10-14,17-19H2,1H3,(H,34,37,38)/t24-,27?/m0/s1. The Morgan fingerprint density at radius 2 is 1.93 bits per heavy atom. The molecule has 1 aliphatic carbocycles. The van der Waals surface area contributed by atoms with E-state index in [0.29, 0.717) is 18.5 Å². The zero-order chi connectivity index (χ0) is 28.1. The van der Waals surface area contributed by atoms with Crippen molar-refractivity contribution in [1.82, 2.24) is 20.1 Å². The smallest absolute Gasteiger partial charge is 0.255 e. The Labute approximate surface area is 238 Å². The number of ether oxygens (including phenoxy) is 2. The number of piperidine rings is 1. The molecule has 2 aromatic carbocycles. The summed E-state index contributed by atoms with van der Waals surface area (Å²) in [7, 11) is 1.78. The van der Waals surface area contributed by atoms with E-state index >= 15 is 0 Å². The topological polar surface area (TPSA) is 101 Å². The molecule has 4 aliphatic rings. The first-order valence-electron chi connectivity index (χ1n) is 14.5. The number of nitrogens with zero attached hydrogens (tertiary/aromatic N) is 3. The predicted octanol–water partition coefficient (Wildman–Crippen LogP) is 3.67. The average Bonchev–Trinajstić information content (AvgIpc) is 3.51. The van der Waals surface area contributed by atoms with Crippen LogP contribution in [-0.4, -0.2) is 64.9 Å². The third-order valence-electron chi connectivity index (χ3n) is 9.21. The van der Waals surface area contributed by atoms with Crippen molar-refractivity contribution in [2.75, 3.05) is 20.2 Å². The van der Waals surface area contributed by atoms with Crippen LogP contribution < -0.4 is 10.1 Å². The van der Waals surface area contributed by atoms with Crippen molar-refractivity contribution in [2.45, 2.75) is 69.4 Å². The van der Waals surface area contributed by atoms with E-state index in [0.717, 1.165) is 66.8 Å². The van der Waals surface area contributed by atoms with Gasteiger partial charge in [-0.1, -0.05) is 12.1 Å². The number of nitrogens with one attached hydrogen (secondary N) is 1. The van der Waals surface area contributed by atoms with Crippen LogP contribution in [0.25, 0.3) is 10.9 Å². The van der Waals surface area contributed by atoms with E-state index in [2.05, 4.69) is 40.5 Å². The Hall–Kier alpha value is -3.82. The lowest BCUT2D eigenvalue weighted by atomic mass is 9.77. The molecule has 1 N–H and O–H groups in total. The molecule has 3 aliphatic heterocycles. The highest BCUT2D eigenvalue weighted by Crippen LogP contribution is 2.43. The van der Waals surface area contributed by atoms with Crippen molar-refractivity contribution < 1.29 is 23.9 Å². The zero-order valence-electron chi connectivity index (χ0n) is 23.2. The molecule has 0 bridgehead atoms. The quantitative estimate of drug-likeness (QED) is 0.445. The molecule has 3 fully saturated rings. The van der Waals surface area contributed by atoms with E-state index in [9.17, 15) is 14.4 Å². The fourth-order valence-electron chi connectivity index (χ4n) is 6.70. The highest BCUT2D eigenvalue weighted by molar-refractivity contribution is 6.05. The van der Waals surface area contributed by atoms with Gasteiger partial charge in [0, 0.05) is 50.7 Å². The van der Waals surface area contributed by atoms with E-state index in [1.54, 1.807) is 18.1 Å². The molecular formula is C32H34N4O5. The van der Waals surface area contributed by atoms with Crippen LogP contribution in [0.3, 0.4) is 0 Å². The van der Waals surface area contributed by atoms with Crippen LogP contribution in [0.4, 0.5) is 0 Å². The molecule has 4 heterocycles. The third-order valence-corrected chi connectivity index (χ3v) is 9.21. The van der Waals surface area contributed by atoms with E-state index in [4.69, 9.17) is 14.5 Å². The molecule has 41 heavy (non-hydrogen) atoms. The Bertz CT molecular complexity index is 1540. The summed E-state index contributed by atoms with van der Waals surface area (Å²) >= 11 is 0. The Kier molecular flexibility index (Phi) is 6.51. The summed E-state index contributed by atoms with van der Waals surface area (Å²) in [5, 5.41) is 3.49. The van der Waals surface area contributed by atoms with Gasteiger partial charge in [-0.25, -0.2) is 4.98 Å². The number of carbonyl (C=O) groups excluding carboxylic acids is 3. The number of amides is 3. The average molecular weight is 555 g/mol. The van der Waals surface area contributed by atoms with E-state index in [1.165, 1.54) is 12.0 Å². The first-order valence-corrected chi connectivity index (χ1v) is 14.5. The monoisotopic (exact) mass is 554 g/mol. The molecule has 0 radical (unpaired) electrons. The van der Waals surface area contributed by atoms with E-state index in [1.807, 2.05) is 12.1 Å². The number of aromatic nitrogens is 1. The Morgan fingerprint density at radius 1 is 1.05 bits per heavy atom. The number of likely N-dealkylation sites (tertiary alicyclic amines) is 1. The van der Waals surface area contributed by atoms with Crippen LogP contribution in [0, 0.1) is 0 Å². The van der Waals surface area contributed by atoms with Gasteiger partial charge < -0.3 is 14.4 Å². The largest absolute Gasteiger partial charge is 0.489 e. The number of fused-ring (bicyclic) bond motifs is 2. The van der Waals surface area contributed by atoms with Gasteiger partial charge >= 0.3 is 0 Å². The van der Waals surface area contributed by atoms with Gasteiger partial charge in [-0.05, 0) is 79.6 Å². The van der Waals surface area contributed by atoms with Crippen LogP contribution >= 0.6 is 0 Å². The molecule has 1 aromatic heterocycles. The molecule has 212 valence electrons. The van der Waals surface area contributed by atoms with E-state index < -0.39 is 11.9 Å². The van der Waals surface area contributed by atoms with Crippen LogP contribution in [0.1, 0.15) is 65.7 Å². The predicted molar refractivity (Wildman–Crippen MR) is 151 cm³/mol. The van der Waals surface area contributed by atoms with Crippen molar-refractivity contribution in [3.8, 4) is 5.75 Å². The number of rotatable bonds is 7. The minimum absolute atomic E-state index is 0.0637. The van der Waals surface area contributed by atoms with Crippen LogP contribution in [0.5, 0.6) is 5.75 Å². The fourth-order valence-corrected chi connectivity index (χ4v) is 6.70. The summed E-state index contributed by atoms with van der Waals surface area (Å²) in [6, 6.07) is 15.7. The van der Waals surface area contributed by atoms with Crippen LogP contribution in [-0.2, 0) is 33.0 Å². The lowest BCUT2D eigenvalue weighted by Crippen LogP contribution is -2.52. The van der Waals surface area contributed by atoms with Gasteiger partial charge in [-0.15, -0.1) is 0 Å². The second-order valence-corrected chi connectivity index (χ2v) is 11.8. The van der Waals surface area contributed by atoms with Crippen molar-refractivity contribution in [2.24, 2.45) is 0 Å². The molecule has 0 spiro atoms. The maximum absolute atomic E-state index is 13.0. The molecule has 1 saturated carbocycles. The molecule has 3 aromatic rings. The summed E-state index contributed by atoms with van der Waals surface area (Å²) in [5.74, 6) is -0.115. The number of benzene rings is 2. The molecule has 7 rings (SSSR count). The van der Waals surface area contributed by atoms with Gasteiger partial charge in [-0.3, -0.25) is 24.6 Å². The Balaban J connectivity index is 0.970. The van der Waals surface area contributed by atoms with Crippen molar-refractivity contribution in [3.05, 3.63) is 70.9 Å². The van der Waals surface area contributed by atoms with E-state index in [-0.39, 0.29) is 29.9 Å². The van der Waals surface area contributed by atoms with Gasteiger partial charge in [0.25, 0.3) is 5.91 Å². The summed E-state index contributed by atoms with van der Waals surface area (Å²) in [4.78, 5) is 45.7. The molecule has 1 unspecified atom stereocenters. The molecular weight excluding hydrogens is 520 g/mol. The molecule has 2 saturated heterocycles. The fraction of sp³-hybridized carbons (Fsp3) is 0.438. The minimum Gasteiger partial charge on any atom is -0.489 e. The molecule has 2 atom stereocenters. The number of methoxy groups -OCH3 is 1. The molecule has 3 amide bonds. The Morgan fingerprint density at radius 3 is 2.71 bits per heavy atom. The number of pyridine rings is 1. The maximum atomic E-state index is 13.0. The van der Waals surface area contributed by atoms with Gasteiger partial charge in [-0.2, -0.15) is 0 Å². The summed E-state index contributed by atoms with van der Waals surface area (Å²) < 4.78 is 12.2. The van der Waals surface area contributed by atoms with Gasteiger partial charge in [0.1, 0.15) is 23.5 Å². The first kappa shape index (κ1) is 26.1. The minimum atomic E-state index is -0.613. The third kappa shape index (κ3) is 4.77. The second kappa shape index (κ2) is 10.2. The van der Waals surface area contributed by atoms with Crippen molar-refractivity contribution >= 4 is 28.6 Å². The van der Waals surface area contributed by atoms with Gasteiger partial charge in [0.2, 0.25) is 11.8 Å². The van der Waals surface area contributed by atoms with Gasteiger partial charge in [0.05, 0.1) is 11.2 Å². The summed E-state index contributed by atoms with van der Waals surface area (Å²) in [5.41, 5.74) is 4.53. The van der Waals surface area contributed by atoms with Crippen molar-refractivity contribution in [1.29, 1.82) is 0 Å². The number of carbonyl (C=O) groups is 3. The van der Waals surface area contributed by atoms with Gasteiger partial charge in [0.15, 0.2) is 0 Å². The number of imide groups is 1.